The molecule has 0 aromatic heterocycles. The molecule has 2 aliphatic rings. The van der Waals surface area contributed by atoms with Gasteiger partial charge in [0.15, 0.2) is 12.1 Å². The molecule has 2 saturated heterocycles. The van der Waals surface area contributed by atoms with E-state index in [1.807, 2.05) is 47.6 Å². The molecule has 0 radical (unpaired) electrons. The summed E-state index contributed by atoms with van der Waals surface area (Å²) in [4.78, 5) is 14.3. The van der Waals surface area contributed by atoms with Gasteiger partial charge in [0, 0.05) is 37.1 Å². The molecule has 1 amide bonds. The van der Waals surface area contributed by atoms with Crippen molar-refractivity contribution >= 4 is 6.09 Å². The Morgan fingerprint density at radius 2 is 1.88 bits per heavy atom. The Hall–Kier alpha value is -1.19. The van der Waals surface area contributed by atoms with Gasteiger partial charge in [0.25, 0.3) is 0 Å². The first kappa shape index (κ1) is 29.0. The molecule has 1 unspecified atom stereocenters. The summed E-state index contributed by atoms with van der Waals surface area (Å²) in [6, 6.07) is 0.0824. The smallest absolute Gasteiger partial charge is 0.415 e. The zero-order chi connectivity index (χ0) is 25.3. The maximum absolute atomic E-state index is 12.6. The molecular formula is C26H47NO7. The molecule has 2 heterocycles. The van der Waals surface area contributed by atoms with Gasteiger partial charge in [0.2, 0.25) is 0 Å². The van der Waals surface area contributed by atoms with E-state index in [2.05, 4.69) is 6.92 Å². The van der Waals surface area contributed by atoms with Gasteiger partial charge in [-0.1, -0.05) is 6.92 Å². The maximum Gasteiger partial charge on any atom is 0.415 e. The molecule has 2 fully saturated rings. The number of hydrogen-bond acceptors (Lipinski definition) is 7. The average Bonchev–Trinajstić information content (AvgIpc) is 2.75. The van der Waals surface area contributed by atoms with Crippen LogP contribution in [0.2, 0.25) is 0 Å². The fourth-order valence-corrected chi connectivity index (χ4v) is 4.90. The van der Waals surface area contributed by atoms with Crippen LogP contribution in [-0.4, -0.2) is 72.3 Å². The van der Waals surface area contributed by atoms with Gasteiger partial charge in [0.05, 0.1) is 25.1 Å². The quantitative estimate of drug-likeness (QED) is 0.419. The van der Waals surface area contributed by atoms with Crippen molar-refractivity contribution in [2.24, 2.45) is 11.8 Å². The van der Waals surface area contributed by atoms with Crippen molar-refractivity contribution < 1.29 is 33.6 Å². The minimum Gasteiger partial charge on any atom is -0.418 e. The molecular weight excluding hydrogens is 438 g/mol. The van der Waals surface area contributed by atoms with E-state index in [-0.39, 0.29) is 55.1 Å². The summed E-state index contributed by atoms with van der Waals surface area (Å²) in [7, 11) is 0. The van der Waals surface area contributed by atoms with Gasteiger partial charge < -0.3 is 33.7 Å². The van der Waals surface area contributed by atoms with Crippen molar-refractivity contribution in [1.29, 1.82) is 0 Å². The van der Waals surface area contributed by atoms with E-state index in [1.54, 1.807) is 4.90 Å². The molecule has 0 saturated carbocycles. The Morgan fingerprint density at radius 3 is 2.47 bits per heavy atom. The van der Waals surface area contributed by atoms with Crippen molar-refractivity contribution in [3.05, 3.63) is 12.3 Å². The second-order valence-corrected chi connectivity index (χ2v) is 10.4. The van der Waals surface area contributed by atoms with Crippen LogP contribution < -0.4 is 0 Å². The summed E-state index contributed by atoms with van der Waals surface area (Å²) in [6.07, 6.45) is 6.88. The van der Waals surface area contributed by atoms with Crippen molar-refractivity contribution in [3.8, 4) is 0 Å². The second-order valence-electron chi connectivity index (χ2n) is 10.4. The molecule has 0 bridgehead atoms. The molecule has 1 N–H and O–H groups in total. The van der Waals surface area contributed by atoms with Gasteiger partial charge in [-0.05, 0) is 79.7 Å². The Labute approximate surface area is 205 Å². The molecule has 5 atom stereocenters. The van der Waals surface area contributed by atoms with E-state index in [4.69, 9.17) is 23.7 Å². The molecule has 198 valence electrons. The molecule has 0 aromatic rings. The molecule has 2 rings (SSSR count). The molecule has 8 heteroatoms. The van der Waals surface area contributed by atoms with E-state index in [9.17, 15) is 9.90 Å². The van der Waals surface area contributed by atoms with Crippen LogP contribution in [0.1, 0.15) is 80.6 Å². The van der Waals surface area contributed by atoms with Gasteiger partial charge in [-0.3, -0.25) is 0 Å². The van der Waals surface area contributed by atoms with Crippen molar-refractivity contribution in [3.63, 3.8) is 0 Å². The van der Waals surface area contributed by atoms with Crippen LogP contribution in [0.3, 0.4) is 0 Å². The van der Waals surface area contributed by atoms with E-state index >= 15 is 0 Å². The number of aliphatic hydroxyl groups is 1. The number of aliphatic hydroxyl groups excluding tert-OH is 1. The van der Waals surface area contributed by atoms with Crippen molar-refractivity contribution in [2.75, 3.05) is 19.8 Å². The van der Waals surface area contributed by atoms with Crippen LogP contribution in [0.5, 0.6) is 0 Å². The summed E-state index contributed by atoms with van der Waals surface area (Å²) in [5, 5.41) is 9.53. The molecule has 0 aliphatic carbocycles. The highest BCUT2D eigenvalue weighted by Crippen LogP contribution is 2.37. The highest BCUT2D eigenvalue weighted by atomic mass is 16.7. The zero-order valence-corrected chi connectivity index (χ0v) is 22.2. The van der Waals surface area contributed by atoms with E-state index in [0.29, 0.717) is 19.4 Å². The Morgan fingerprint density at radius 1 is 1.18 bits per heavy atom. The van der Waals surface area contributed by atoms with Crippen LogP contribution in [0.25, 0.3) is 0 Å². The lowest BCUT2D eigenvalue weighted by Crippen LogP contribution is -2.52. The fraction of sp³-hybridized carbons (Fsp3) is 0.885. The normalized spacial score (nSPS) is 28.4. The largest absolute Gasteiger partial charge is 0.418 e. The van der Waals surface area contributed by atoms with Gasteiger partial charge in [0.1, 0.15) is 0 Å². The third-order valence-electron chi connectivity index (χ3n) is 6.51. The number of carbonyl (C=O) groups is 1. The summed E-state index contributed by atoms with van der Waals surface area (Å²) in [6.45, 7) is 15.1. The van der Waals surface area contributed by atoms with Crippen molar-refractivity contribution in [2.45, 2.75) is 117 Å². The summed E-state index contributed by atoms with van der Waals surface area (Å²) < 4.78 is 29.7. The predicted molar refractivity (Wildman–Crippen MR) is 130 cm³/mol. The molecule has 2 aliphatic heterocycles. The van der Waals surface area contributed by atoms with Gasteiger partial charge in [-0.2, -0.15) is 0 Å². The van der Waals surface area contributed by atoms with Crippen LogP contribution >= 0.6 is 0 Å². The second kappa shape index (κ2) is 13.8. The highest BCUT2D eigenvalue weighted by Gasteiger charge is 2.43. The zero-order valence-electron chi connectivity index (χ0n) is 22.2. The van der Waals surface area contributed by atoms with Gasteiger partial charge >= 0.3 is 6.09 Å². The summed E-state index contributed by atoms with van der Waals surface area (Å²) >= 11 is 0. The number of rotatable bonds is 11. The maximum atomic E-state index is 12.6. The Bertz CT molecular complexity index is 623. The topological polar surface area (TPSA) is 86.7 Å². The molecule has 0 aromatic carbocycles. The minimum absolute atomic E-state index is 0.0410. The number of nitrogens with zero attached hydrogens (tertiary/aromatic N) is 1. The summed E-state index contributed by atoms with van der Waals surface area (Å²) in [5.74, 6) is -0.805. The molecule has 0 spiro atoms. The number of amides is 1. The Kier molecular flexibility index (Phi) is 11.8. The van der Waals surface area contributed by atoms with E-state index < -0.39 is 5.79 Å². The number of carbonyl (C=O) groups excluding carboxylic acids is 1. The van der Waals surface area contributed by atoms with Crippen LogP contribution in [-0.2, 0) is 23.7 Å². The first-order valence-electron chi connectivity index (χ1n) is 12.9. The predicted octanol–water partition coefficient (Wildman–Crippen LogP) is 4.84. The minimum atomic E-state index is -0.779. The highest BCUT2D eigenvalue weighted by molar-refractivity contribution is 5.68. The lowest BCUT2D eigenvalue weighted by Gasteiger charge is -2.47. The van der Waals surface area contributed by atoms with E-state index in [0.717, 1.165) is 25.9 Å². The third-order valence-corrected chi connectivity index (χ3v) is 6.51. The summed E-state index contributed by atoms with van der Waals surface area (Å²) in [5.41, 5.74) is 0. The molecule has 34 heavy (non-hydrogen) atoms. The molecule has 8 nitrogen and oxygen atoms in total. The van der Waals surface area contributed by atoms with Crippen molar-refractivity contribution in [1.82, 2.24) is 4.90 Å². The number of ether oxygens (including phenoxy) is 5. The van der Waals surface area contributed by atoms with E-state index in [1.165, 1.54) is 6.26 Å². The number of hydrogen-bond donors (Lipinski definition) is 1. The third kappa shape index (κ3) is 8.79. The monoisotopic (exact) mass is 485 g/mol. The first-order chi connectivity index (χ1) is 16.1. The van der Waals surface area contributed by atoms with Crippen LogP contribution in [0.15, 0.2) is 12.3 Å². The Balaban J connectivity index is 2.12. The SMILES string of the molecule is CC(C)N(C(=O)O/C=C\[C@H](CCOC1CCCCO1)[C@@H]1OC(C)(C)O[C@H](CCO)[C@@H]1C)C(C)C. The van der Waals surface area contributed by atoms with Gasteiger partial charge in [-0.15, -0.1) is 0 Å². The average molecular weight is 486 g/mol. The standard InChI is InChI=1S/C26H47NO7/c1-18(2)27(19(3)4)25(29)32-17-13-21(12-16-31-23-10-8-9-15-30-23)24-20(5)22(11-14-28)33-26(6,7)34-24/h13,17-24,28H,8-12,14-16H2,1-7H3/b17-13-/t20-,21-,22+,23?,24+/m0/s1. The van der Waals surface area contributed by atoms with Crippen LogP contribution in [0.4, 0.5) is 4.79 Å². The lowest BCUT2D eigenvalue weighted by atomic mass is 9.84. The van der Waals surface area contributed by atoms with Crippen LogP contribution in [0, 0.1) is 11.8 Å². The van der Waals surface area contributed by atoms with Gasteiger partial charge in [-0.25, -0.2) is 4.79 Å². The first-order valence-corrected chi connectivity index (χ1v) is 12.9. The lowest BCUT2D eigenvalue weighted by molar-refractivity contribution is -0.327. The fourth-order valence-electron chi connectivity index (χ4n) is 4.90.